The number of anilines is 1. The van der Waals surface area contributed by atoms with Crippen molar-refractivity contribution in [1.29, 1.82) is 0 Å². The highest BCUT2D eigenvalue weighted by atomic mass is 35.5. The van der Waals surface area contributed by atoms with Crippen LogP contribution in [-0.4, -0.2) is 39.3 Å². The number of halogens is 1. The molecule has 0 saturated carbocycles. The summed E-state index contributed by atoms with van der Waals surface area (Å²) in [6.45, 7) is 3.57. The van der Waals surface area contributed by atoms with Crippen LogP contribution >= 0.6 is 11.6 Å². The van der Waals surface area contributed by atoms with Crippen molar-refractivity contribution >= 4 is 33.2 Å². The number of rotatable bonds is 7. The van der Waals surface area contributed by atoms with E-state index in [1.54, 1.807) is 31.2 Å². The normalized spacial score (nSPS) is 11.5. The van der Waals surface area contributed by atoms with Gasteiger partial charge in [0.25, 0.3) is 5.91 Å². The fourth-order valence-electron chi connectivity index (χ4n) is 2.35. The average Bonchev–Trinajstić information content (AvgIpc) is 2.62. The molecule has 2 aromatic carbocycles. The van der Waals surface area contributed by atoms with Gasteiger partial charge in [-0.1, -0.05) is 24.6 Å². The van der Waals surface area contributed by atoms with Crippen LogP contribution in [0.15, 0.2) is 41.3 Å². The lowest BCUT2D eigenvalue weighted by Crippen LogP contribution is -2.23. The Morgan fingerprint density at radius 3 is 2.52 bits per heavy atom. The van der Waals surface area contributed by atoms with Gasteiger partial charge < -0.3 is 10.1 Å². The van der Waals surface area contributed by atoms with Crippen LogP contribution in [0, 0.1) is 6.92 Å². The minimum absolute atomic E-state index is 0.111. The second kappa shape index (κ2) is 8.73. The van der Waals surface area contributed by atoms with Crippen LogP contribution < -0.4 is 10.1 Å². The smallest absolute Gasteiger partial charge is 0.262 e. The van der Waals surface area contributed by atoms with Crippen LogP contribution in [0.5, 0.6) is 5.75 Å². The third-order valence-electron chi connectivity index (χ3n) is 4.03. The van der Waals surface area contributed by atoms with Crippen LogP contribution in [0.1, 0.15) is 18.1 Å². The summed E-state index contributed by atoms with van der Waals surface area (Å²) >= 11 is 6.07. The Balaban J connectivity index is 2.10. The third-order valence-corrected chi connectivity index (χ3v) is 6.21. The van der Waals surface area contributed by atoms with Crippen LogP contribution in [0.2, 0.25) is 5.02 Å². The Kier molecular flexibility index (Phi) is 6.86. The molecule has 0 aliphatic carbocycles. The molecular weight excluding hydrogens is 388 g/mol. The Bertz CT molecular complexity index is 943. The number of nitrogens with one attached hydrogen (secondary N) is 1. The van der Waals surface area contributed by atoms with E-state index in [1.165, 1.54) is 26.2 Å². The van der Waals surface area contributed by atoms with E-state index in [0.717, 1.165) is 21.9 Å². The van der Waals surface area contributed by atoms with Crippen molar-refractivity contribution in [3.63, 3.8) is 0 Å². The van der Waals surface area contributed by atoms with Gasteiger partial charge >= 0.3 is 0 Å². The van der Waals surface area contributed by atoms with Gasteiger partial charge in [0.2, 0.25) is 10.0 Å². The number of benzene rings is 2. The molecule has 0 atom stereocenters. The molecule has 0 aliphatic heterocycles. The van der Waals surface area contributed by atoms with Crippen LogP contribution in [0.25, 0.3) is 0 Å². The molecule has 2 rings (SSSR count). The van der Waals surface area contributed by atoms with Crippen molar-refractivity contribution in [2.45, 2.75) is 25.2 Å². The minimum atomic E-state index is -3.58. The maximum absolute atomic E-state index is 12.3. The molecule has 8 heteroatoms. The molecule has 27 heavy (non-hydrogen) atoms. The molecule has 0 aromatic heterocycles. The zero-order valence-electron chi connectivity index (χ0n) is 15.7. The van der Waals surface area contributed by atoms with Crippen LogP contribution in [0.3, 0.4) is 0 Å². The van der Waals surface area contributed by atoms with Crippen LogP contribution in [-0.2, 0) is 21.2 Å². The largest absolute Gasteiger partial charge is 0.484 e. The number of amides is 1. The predicted octanol–water partition coefficient (Wildman–Crippen LogP) is 3.48. The molecule has 1 N–H and O–H groups in total. The number of carbonyl (C=O) groups is 1. The van der Waals surface area contributed by atoms with Gasteiger partial charge in [-0.2, -0.15) is 0 Å². The zero-order valence-corrected chi connectivity index (χ0v) is 17.3. The molecule has 0 unspecified atom stereocenters. The maximum atomic E-state index is 12.3. The van der Waals surface area contributed by atoms with E-state index in [9.17, 15) is 13.2 Å². The molecule has 0 radical (unpaired) electrons. The summed E-state index contributed by atoms with van der Waals surface area (Å²) in [5.41, 5.74) is 2.12. The van der Waals surface area contributed by atoms with E-state index in [2.05, 4.69) is 5.32 Å². The van der Waals surface area contributed by atoms with E-state index in [-0.39, 0.29) is 17.4 Å². The highest BCUT2D eigenvalue weighted by Gasteiger charge is 2.18. The molecular formula is C19H23ClN2O4S. The summed E-state index contributed by atoms with van der Waals surface area (Å²) in [7, 11) is -0.668. The first-order valence-corrected chi connectivity index (χ1v) is 10.2. The SMILES string of the molecule is CCc1cc(OCC(=O)Nc2cc(S(=O)(=O)N(C)C)ccc2C)ccc1Cl. The fourth-order valence-corrected chi connectivity index (χ4v) is 3.53. The van der Waals surface area contributed by atoms with E-state index >= 15 is 0 Å². The summed E-state index contributed by atoms with van der Waals surface area (Å²) in [6.07, 6.45) is 0.758. The monoisotopic (exact) mass is 410 g/mol. The Labute approximate surface area is 165 Å². The molecule has 2 aromatic rings. The zero-order chi connectivity index (χ0) is 20.2. The van der Waals surface area contributed by atoms with Gasteiger partial charge in [0.1, 0.15) is 5.75 Å². The Hall–Kier alpha value is -2.09. The highest BCUT2D eigenvalue weighted by molar-refractivity contribution is 7.89. The number of hydrogen-bond donors (Lipinski definition) is 1. The lowest BCUT2D eigenvalue weighted by atomic mass is 10.1. The van der Waals surface area contributed by atoms with Crippen molar-refractivity contribution in [3.05, 3.63) is 52.5 Å². The van der Waals surface area contributed by atoms with Crippen molar-refractivity contribution in [2.24, 2.45) is 0 Å². The Morgan fingerprint density at radius 2 is 1.89 bits per heavy atom. The second-order valence-electron chi connectivity index (χ2n) is 6.21. The topological polar surface area (TPSA) is 75.7 Å². The molecule has 0 spiro atoms. The molecule has 1 amide bonds. The molecule has 0 fully saturated rings. The molecule has 0 bridgehead atoms. The van der Waals surface area contributed by atoms with Gasteiger partial charge in [0, 0.05) is 24.8 Å². The Morgan fingerprint density at radius 1 is 1.19 bits per heavy atom. The lowest BCUT2D eigenvalue weighted by molar-refractivity contribution is -0.118. The summed E-state index contributed by atoms with van der Waals surface area (Å²) < 4.78 is 31.2. The van der Waals surface area contributed by atoms with Gasteiger partial charge in [-0.25, -0.2) is 12.7 Å². The van der Waals surface area contributed by atoms with Crippen molar-refractivity contribution in [2.75, 3.05) is 26.0 Å². The van der Waals surface area contributed by atoms with Crippen molar-refractivity contribution in [3.8, 4) is 5.75 Å². The summed E-state index contributed by atoms with van der Waals surface area (Å²) in [5, 5.41) is 3.36. The minimum Gasteiger partial charge on any atom is -0.484 e. The fraction of sp³-hybridized carbons (Fsp3) is 0.316. The summed E-state index contributed by atoms with van der Waals surface area (Å²) in [5.74, 6) is 0.164. The van der Waals surface area contributed by atoms with E-state index < -0.39 is 10.0 Å². The van der Waals surface area contributed by atoms with E-state index in [0.29, 0.717) is 16.5 Å². The maximum Gasteiger partial charge on any atom is 0.262 e. The van der Waals surface area contributed by atoms with Crippen molar-refractivity contribution in [1.82, 2.24) is 4.31 Å². The molecule has 0 aliphatic rings. The van der Waals surface area contributed by atoms with E-state index in [4.69, 9.17) is 16.3 Å². The number of ether oxygens (including phenoxy) is 1. The number of aryl methyl sites for hydroxylation is 2. The second-order valence-corrected chi connectivity index (χ2v) is 8.77. The average molecular weight is 411 g/mol. The molecule has 0 saturated heterocycles. The highest BCUT2D eigenvalue weighted by Crippen LogP contribution is 2.24. The van der Waals surface area contributed by atoms with Crippen molar-refractivity contribution < 1.29 is 17.9 Å². The first kappa shape index (κ1) is 21.2. The molecule has 0 heterocycles. The first-order valence-electron chi connectivity index (χ1n) is 8.39. The van der Waals surface area contributed by atoms with Gasteiger partial charge in [0.05, 0.1) is 4.90 Å². The lowest BCUT2D eigenvalue weighted by Gasteiger charge is -2.15. The number of carbonyl (C=O) groups excluding carboxylic acids is 1. The first-order chi connectivity index (χ1) is 12.6. The predicted molar refractivity (Wildman–Crippen MR) is 107 cm³/mol. The quantitative estimate of drug-likeness (QED) is 0.758. The van der Waals surface area contributed by atoms with Gasteiger partial charge in [0.15, 0.2) is 6.61 Å². The van der Waals surface area contributed by atoms with Crippen LogP contribution in [0.4, 0.5) is 5.69 Å². The number of nitrogens with zero attached hydrogens (tertiary/aromatic N) is 1. The van der Waals surface area contributed by atoms with E-state index in [1.807, 2.05) is 6.92 Å². The van der Waals surface area contributed by atoms with Gasteiger partial charge in [-0.15, -0.1) is 0 Å². The number of sulfonamides is 1. The summed E-state index contributed by atoms with van der Waals surface area (Å²) in [6, 6.07) is 9.83. The standard InChI is InChI=1S/C19H23ClN2O4S/c1-5-14-10-15(7-9-17(14)20)26-12-19(23)21-18-11-16(8-6-13(18)2)27(24,25)22(3)4/h6-11H,5,12H2,1-4H3,(H,21,23). The van der Waals surface area contributed by atoms with Gasteiger partial charge in [-0.05, 0) is 54.8 Å². The van der Waals surface area contributed by atoms with Gasteiger partial charge in [-0.3, -0.25) is 4.79 Å². The molecule has 146 valence electrons. The summed E-state index contributed by atoms with van der Waals surface area (Å²) in [4.78, 5) is 12.3. The molecule has 6 nitrogen and oxygen atoms in total. The third kappa shape index (κ3) is 5.22. The number of hydrogen-bond acceptors (Lipinski definition) is 4.